The van der Waals surface area contributed by atoms with Crippen molar-refractivity contribution in [1.82, 2.24) is 15.5 Å². The van der Waals surface area contributed by atoms with Gasteiger partial charge in [-0.2, -0.15) is 8.78 Å². The first-order valence-corrected chi connectivity index (χ1v) is 9.55. The van der Waals surface area contributed by atoms with Gasteiger partial charge in [0.1, 0.15) is 11.3 Å². The third-order valence-corrected chi connectivity index (χ3v) is 5.11. The molecule has 1 aliphatic heterocycles. The monoisotopic (exact) mass is 407 g/mol. The summed E-state index contributed by atoms with van der Waals surface area (Å²) in [6, 6.07) is 5.77. The van der Waals surface area contributed by atoms with E-state index in [1.807, 2.05) is 0 Å². The highest BCUT2D eigenvalue weighted by molar-refractivity contribution is 6.07. The van der Waals surface area contributed by atoms with E-state index in [-0.39, 0.29) is 30.8 Å². The van der Waals surface area contributed by atoms with Crippen LogP contribution in [-0.2, 0) is 9.59 Å². The molecule has 0 radical (unpaired) electrons. The zero-order chi connectivity index (χ0) is 20.9. The van der Waals surface area contributed by atoms with E-state index >= 15 is 0 Å². The molecule has 0 aromatic heterocycles. The number of alkyl halides is 2. The number of benzene rings is 1. The van der Waals surface area contributed by atoms with Gasteiger partial charge in [0, 0.05) is 24.7 Å². The number of carbonyl (C=O) groups excluding carboxylic acids is 3. The molecule has 0 bridgehead atoms. The van der Waals surface area contributed by atoms with E-state index in [4.69, 9.17) is 0 Å². The van der Waals surface area contributed by atoms with Crippen LogP contribution in [0.4, 0.5) is 13.6 Å². The van der Waals surface area contributed by atoms with E-state index in [2.05, 4.69) is 15.4 Å². The number of nitrogens with one attached hydrogen (secondary N) is 2. The molecule has 2 N–H and O–H groups in total. The summed E-state index contributed by atoms with van der Waals surface area (Å²) in [5.41, 5.74) is -0.374. The second-order valence-electron chi connectivity index (χ2n) is 7.07. The third-order valence-electron chi connectivity index (χ3n) is 5.11. The fraction of sp³-hybridized carbons (Fsp3) is 0.450. The maximum atomic E-state index is 12.5. The number of halogens is 2. The average Bonchev–Trinajstić information content (AvgIpc) is 3.24. The number of carbonyl (C=O) groups is 3. The van der Waals surface area contributed by atoms with Gasteiger partial charge in [0.15, 0.2) is 0 Å². The molecule has 7 nitrogen and oxygen atoms in total. The van der Waals surface area contributed by atoms with Crippen LogP contribution in [0.5, 0.6) is 5.75 Å². The van der Waals surface area contributed by atoms with Gasteiger partial charge in [0.2, 0.25) is 5.91 Å². The van der Waals surface area contributed by atoms with Crippen molar-refractivity contribution in [1.29, 1.82) is 0 Å². The Labute approximate surface area is 167 Å². The Balaban J connectivity index is 1.44. The number of hydrogen-bond donors (Lipinski definition) is 2. The second-order valence-corrected chi connectivity index (χ2v) is 7.07. The van der Waals surface area contributed by atoms with E-state index in [1.54, 1.807) is 18.2 Å². The highest BCUT2D eigenvalue weighted by Gasteiger charge is 2.51. The summed E-state index contributed by atoms with van der Waals surface area (Å²) < 4.78 is 29.2. The Bertz CT molecular complexity index is 807. The summed E-state index contributed by atoms with van der Waals surface area (Å²) in [4.78, 5) is 37.7. The molecular weight excluding hydrogens is 384 g/mol. The van der Waals surface area contributed by atoms with E-state index in [9.17, 15) is 23.2 Å². The van der Waals surface area contributed by atoms with Crippen molar-refractivity contribution in [2.45, 2.75) is 44.3 Å². The number of para-hydroxylation sites is 1. The summed E-state index contributed by atoms with van der Waals surface area (Å²) in [5, 5.41) is 5.45. The average molecular weight is 407 g/mol. The van der Waals surface area contributed by atoms with Crippen molar-refractivity contribution in [3.05, 3.63) is 35.9 Å². The van der Waals surface area contributed by atoms with Crippen molar-refractivity contribution >= 4 is 23.9 Å². The van der Waals surface area contributed by atoms with Crippen LogP contribution in [0.25, 0.3) is 6.08 Å². The number of imide groups is 1. The first kappa shape index (κ1) is 20.8. The molecule has 1 aliphatic carbocycles. The lowest BCUT2D eigenvalue weighted by Crippen LogP contribution is -2.44. The van der Waals surface area contributed by atoms with Crippen LogP contribution in [0.1, 0.15) is 37.7 Å². The molecule has 29 heavy (non-hydrogen) atoms. The molecule has 1 saturated heterocycles. The molecule has 0 unspecified atom stereocenters. The van der Waals surface area contributed by atoms with Crippen LogP contribution >= 0.6 is 0 Å². The molecule has 156 valence electrons. The van der Waals surface area contributed by atoms with Crippen molar-refractivity contribution in [2.75, 3.05) is 13.1 Å². The Kier molecular flexibility index (Phi) is 6.46. The standard InChI is InChI=1S/C20H23F2N3O4/c21-18(22)29-15-7-2-1-6-14(15)8-9-16(26)23-12-5-13-25-17(27)20(24-19(25)28)10-3-4-11-20/h1-2,6-9,18H,3-5,10-13H2,(H,23,26)(H,24,28)/b9-8+. The van der Waals surface area contributed by atoms with Crippen molar-refractivity contribution in [3.8, 4) is 5.75 Å². The number of hydrogen-bond acceptors (Lipinski definition) is 4. The van der Waals surface area contributed by atoms with Crippen molar-refractivity contribution in [3.63, 3.8) is 0 Å². The Hall–Kier alpha value is -2.97. The smallest absolute Gasteiger partial charge is 0.387 e. The van der Waals surface area contributed by atoms with Crippen LogP contribution in [0.2, 0.25) is 0 Å². The fourth-order valence-electron chi connectivity index (χ4n) is 3.69. The largest absolute Gasteiger partial charge is 0.434 e. The second kappa shape index (κ2) is 9.02. The number of amides is 4. The molecule has 1 saturated carbocycles. The molecule has 2 fully saturated rings. The number of urea groups is 1. The molecule has 1 aromatic carbocycles. The molecule has 0 atom stereocenters. The molecule has 3 rings (SSSR count). The first-order chi connectivity index (χ1) is 13.9. The van der Waals surface area contributed by atoms with Gasteiger partial charge in [-0.3, -0.25) is 14.5 Å². The maximum absolute atomic E-state index is 12.5. The third kappa shape index (κ3) is 4.90. The molecule has 2 aliphatic rings. The molecule has 1 aromatic rings. The molecule has 9 heteroatoms. The Morgan fingerprint density at radius 2 is 2.00 bits per heavy atom. The molecule has 1 heterocycles. The molecular formula is C20H23F2N3O4. The first-order valence-electron chi connectivity index (χ1n) is 9.55. The van der Waals surface area contributed by atoms with Crippen LogP contribution in [0.3, 0.4) is 0 Å². The van der Waals surface area contributed by atoms with Gasteiger partial charge in [-0.25, -0.2) is 4.79 Å². The number of nitrogens with zero attached hydrogens (tertiary/aromatic N) is 1. The minimum atomic E-state index is -2.95. The summed E-state index contributed by atoms with van der Waals surface area (Å²) in [6.45, 7) is -2.46. The van der Waals surface area contributed by atoms with Crippen LogP contribution in [0.15, 0.2) is 30.3 Å². The van der Waals surface area contributed by atoms with Gasteiger partial charge in [-0.1, -0.05) is 31.0 Å². The zero-order valence-corrected chi connectivity index (χ0v) is 15.8. The molecule has 4 amide bonds. The van der Waals surface area contributed by atoms with Gasteiger partial charge in [-0.05, 0) is 31.4 Å². The zero-order valence-electron chi connectivity index (χ0n) is 15.8. The molecule has 1 spiro atoms. The van der Waals surface area contributed by atoms with Gasteiger partial charge in [0.25, 0.3) is 5.91 Å². The summed E-state index contributed by atoms with van der Waals surface area (Å²) >= 11 is 0. The van der Waals surface area contributed by atoms with Gasteiger partial charge >= 0.3 is 12.6 Å². The number of rotatable bonds is 8. The van der Waals surface area contributed by atoms with Crippen LogP contribution < -0.4 is 15.4 Å². The highest BCUT2D eigenvalue weighted by Crippen LogP contribution is 2.35. The van der Waals surface area contributed by atoms with Crippen LogP contribution in [-0.4, -0.2) is 48.0 Å². The normalized spacial score (nSPS) is 18.1. The number of ether oxygens (including phenoxy) is 1. The van der Waals surface area contributed by atoms with Gasteiger partial charge < -0.3 is 15.4 Å². The predicted molar refractivity (Wildman–Crippen MR) is 101 cm³/mol. The van der Waals surface area contributed by atoms with E-state index in [1.165, 1.54) is 23.1 Å². The maximum Gasteiger partial charge on any atom is 0.387 e. The quantitative estimate of drug-likeness (QED) is 0.394. The lowest BCUT2D eigenvalue weighted by molar-refractivity contribution is -0.131. The minimum absolute atomic E-state index is 0.0223. The highest BCUT2D eigenvalue weighted by atomic mass is 19.3. The fourth-order valence-corrected chi connectivity index (χ4v) is 3.69. The Morgan fingerprint density at radius 3 is 2.72 bits per heavy atom. The van der Waals surface area contributed by atoms with E-state index in [0.29, 0.717) is 24.8 Å². The SMILES string of the molecule is O=C(/C=C/c1ccccc1OC(F)F)NCCCN1C(=O)NC2(CCCC2)C1=O. The van der Waals surface area contributed by atoms with Gasteiger partial charge in [0.05, 0.1) is 0 Å². The summed E-state index contributed by atoms with van der Waals surface area (Å²) in [5.74, 6) is -0.617. The van der Waals surface area contributed by atoms with Crippen molar-refractivity contribution < 1.29 is 27.9 Å². The lowest BCUT2D eigenvalue weighted by atomic mass is 9.98. The Morgan fingerprint density at radius 1 is 1.28 bits per heavy atom. The van der Waals surface area contributed by atoms with E-state index in [0.717, 1.165) is 12.8 Å². The van der Waals surface area contributed by atoms with E-state index < -0.39 is 18.1 Å². The predicted octanol–water partition coefficient (Wildman–Crippen LogP) is 2.67. The minimum Gasteiger partial charge on any atom is -0.434 e. The lowest BCUT2D eigenvalue weighted by Gasteiger charge is -2.19. The summed E-state index contributed by atoms with van der Waals surface area (Å²) in [6.07, 6.45) is 6.21. The topological polar surface area (TPSA) is 87.7 Å². The van der Waals surface area contributed by atoms with Gasteiger partial charge in [-0.15, -0.1) is 0 Å². The summed E-state index contributed by atoms with van der Waals surface area (Å²) in [7, 11) is 0. The van der Waals surface area contributed by atoms with Crippen molar-refractivity contribution in [2.24, 2.45) is 0 Å². The van der Waals surface area contributed by atoms with Crippen LogP contribution in [0, 0.1) is 0 Å².